The number of carbonyl (C=O) groups is 4. The van der Waals surface area contributed by atoms with Gasteiger partial charge < -0.3 is 35.8 Å². The Morgan fingerprint density at radius 2 is 1.10 bits per heavy atom. The zero-order chi connectivity index (χ0) is 48.9. The van der Waals surface area contributed by atoms with Crippen molar-refractivity contribution in [1.82, 2.24) is 19.2 Å². The van der Waals surface area contributed by atoms with Crippen LogP contribution in [0.3, 0.4) is 0 Å². The number of pyridine rings is 2. The van der Waals surface area contributed by atoms with Crippen LogP contribution in [0.15, 0.2) is 151 Å². The van der Waals surface area contributed by atoms with Crippen LogP contribution in [0.5, 0.6) is 0 Å². The number of ketones is 1. The van der Waals surface area contributed by atoms with Gasteiger partial charge in [0.05, 0.1) is 64.4 Å². The molecule has 0 atom stereocenters. The van der Waals surface area contributed by atoms with E-state index in [-0.39, 0.29) is 43.9 Å². The predicted octanol–water partition coefficient (Wildman–Crippen LogP) is 4.79. The Bertz CT molecular complexity index is 3160. The van der Waals surface area contributed by atoms with Crippen LogP contribution in [0.2, 0.25) is 0 Å². The van der Waals surface area contributed by atoms with Gasteiger partial charge in [0.2, 0.25) is 5.91 Å². The first kappa shape index (κ1) is 49.1. The molecule has 8 rings (SSSR count). The van der Waals surface area contributed by atoms with E-state index in [4.69, 9.17) is 26.3 Å². The first-order chi connectivity index (χ1) is 32.8. The molecule has 0 aliphatic heterocycles. The molecule has 3 amide bonds. The smallest absolute Gasteiger partial charge is 0.423 e. The van der Waals surface area contributed by atoms with Gasteiger partial charge in [-0.05, 0) is 119 Å². The summed E-state index contributed by atoms with van der Waals surface area (Å²) in [6.45, 7) is 1.36. The van der Waals surface area contributed by atoms with Gasteiger partial charge in [0.1, 0.15) is 0 Å². The molecule has 0 saturated carbocycles. The second kappa shape index (κ2) is 22.7. The van der Waals surface area contributed by atoms with Crippen molar-refractivity contribution in [3.8, 4) is 23.3 Å². The van der Waals surface area contributed by atoms with Crippen molar-refractivity contribution in [3.63, 3.8) is 0 Å². The van der Waals surface area contributed by atoms with Crippen molar-refractivity contribution in [2.24, 2.45) is 5.73 Å². The molecule has 0 saturated heterocycles. The van der Waals surface area contributed by atoms with Crippen LogP contribution in [0.4, 0.5) is 11.4 Å². The second-order valence-corrected chi connectivity index (χ2v) is 15.6. The van der Waals surface area contributed by atoms with Crippen LogP contribution in [-0.2, 0) is 0 Å². The molecule has 68 heavy (non-hydrogen) atoms. The first-order valence-electron chi connectivity index (χ1n) is 20.6. The van der Waals surface area contributed by atoms with Crippen LogP contribution in [0.1, 0.15) is 59.5 Å². The third kappa shape index (κ3) is 11.7. The fourth-order valence-corrected chi connectivity index (χ4v) is 7.15. The number of rotatable bonds is 12. The number of benzene rings is 4. The number of anilines is 2. The minimum absolute atomic E-state index is 0.0334. The molecule has 4 aromatic heterocycles. The summed E-state index contributed by atoms with van der Waals surface area (Å²) in [5.41, 5.74) is 12.9. The number of aliphatic hydroxyl groups excluding tert-OH is 2. The van der Waals surface area contributed by atoms with Crippen molar-refractivity contribution in [1.29, 1.82) is 10.5 Å². The lowest BCUT2D eigenvalue weighted by Crippen LogP contribution is -2.33. The number of amides is 3. The number of aromatic nitrogens is 4. The summed E-state index contributed by atoms with van der Waals surface area (Å²) in [5, 5.41) is 62.6. The largest absolute Gasteiger partial charge is 0.488 e. The molecule has 0 aliphatic carbocycles. The lowest BCUT2D eigenvalue weighted by atomic mass is 9.80. The van der Waals surface area contributed by atoms with E-state index in [0.29, 0.717) is 55.7 Å². The maximum Gasteiger partial charge on any atom is 0.488 e. The Morgan fingerprint density at radius 1 is 0.647 bits per heavy atom. The molecular weight excluding hydrogens is 933 g/mol. The third-order valence-electron chi connectivity index (χ3n) is 10.3. The standard InChI is InChI=1S/C24H19N5O3.C17H13BrN4O2.C8H9BO3/c25-14-16-1-7-20(8-2-16)28(11-12-30)24(32)19-9-10-29-22(13-19)21(15-27-29)17-3-5-18(6-4-17)23(26)31;18-15-11-20-22-6-5-13(9-16(15)22)17(24)21(7-8-23)14-3-1-12(10-19)2-4-14;1-6(10)7-2-4-8(5-3-7)9(11)12/h1-10,13,15,30H,11-12H2,(H2,26,31);1-6,9,11,23H,7-8H2;2-5,11-12H,1H3. The Morgan fingerprint density at radius 3 is 1.54 bits per heavy atom. The van der Waals surface area contributed by atoms with E-state index >= 15 is 0 Å². The minimum Gasteiger partial charge on any atom is -0.423 e. The van der Waals surface area contributed by atoms with Crippen molar-refractivity contribution in [2.75, 3.05) is 36.1 Å². The SMILES string of the molecule is CC(=O)c1ccc(B(O)O)cc1.N#Cc1ccc(N(CCO)C(=O)c2ccn3ncc(-c4ccc(C(N)=O)cc4)c3c2)cc1.N#Cc1ccc(N(CCO)C(=O)c2ccn3ncc(Br)c3c2)cc1. The average molecular weight is 975 g/mol. The molecule has 340 valence electrons. The Hall–Kier alpha value is -8.30. The molecule has 6 N–H and O–H groups in total. The number of hydrogen-bond acceptors (Lipinski definition) is 12. The van der Waals surface area contributed by atoms with Crippen LogP contribution in [0, 0.1) is 22.7 Å². The lowest BCUT2D eigenvalue weighted by molar-refractivity contribution is 0.0974. The van der Waals surface area contributed by atoms with Crippen molar-refractivity contribution < 1.29 is 39.4 Å². The van der Waals surface area contributed by atoms with Gasteiger partial charge in [-0.1, -0.05) is 36.4 Å². The number of carbonyl (C=O) groups excluding carboxylic acids is 4. The summed E-state index contributed by atoms with van der Waals surface area (Å²) >= 11 is 3.40. The Balaban J connectivity index is 0.000000185. The number of halogens is 1. The number of Topliss-reactive ketones (excluding diaryl/α,β-unsaturated/α-hetero) is 1. The molecule has 0 bridgehead atoms. The normalized spacial score (nSPS) is 10.4. The van der Waals surface area contributed by atoms with E-state index in [1.165, 1.54) is 28.9 Å². The molecule has 19 heteroatoms. The maximum absolute atomic E-state index is 13.3. The molecule has 0 unspecified atom stereocenters. The Kier molecular flexibility index (Phi) is 16.4. The highest BCUT2D eigenvalue weighted by Gasteiger charge is 2.21. The van der Waals surface area contributed by atoms with E-state index < -0.39 is 13.0 Å². The summed E-state index contributed by atoms with van der Waals surface area (Å²) in [6.07, 6.45) is 6.76. The van der Waals surface area contributed by atoms with Gasteiger partial charge in [0.15, 0.2) is 5.78 Å². The number of aliphatic hydroxyl groups is 2. The molecule has 0 aliphatic rings. The van der Waals surface area contributed by atoms with Gasteiger partial charge in [-0.25, -0.2) is 9.03 Å². The topological polar surface area (TPSA) is 264 Å². The highest BCUT2D eigenvalue weighted by molar-refractivity contribution is 9.10. The summed E-state index contributed by atoms with van der Waals surface area (Å²) in [5.74, 6) is -1.06. The highest BCUT2D eigenvalue weighted by Crippen LogP contribution is 2.27. The Labute approximate surface area is 398 Å². The van der Waals surface area contributed by atoms with Gasteiger partial charge in [-0.2, -0.15) is 20.7 Å². The highest BCUT2D eigenvalue weighted by atomic mass is 79.9. The monoisotopic (exact) mass is 973 g/mol. The third-order valence-corrected chi connectivity index (χ3v) is 11.0. The molecule has 4 aromatic carbocycles. The molecule has 17 nitrogen and oxygen atoms in total. The van der Waals surface area contributed by atoms with Gasteiger partial charge in [-0.15, -0.1) is 0 Å². The summed E-state index contributed by atoms with van der Waals surface area (Å²) in [4.78, 5) is 51.2. The van der Waals surface area contributed by atoms with Crippen molar-refractivity contribution in [2.45, 2.75) is 6.92 Å². The van der Waals surface area contributed by atoms with Crippen LogP contribution in [-0.4, -0.2) is 96.4 Å². The molecule has 8 aromatic rings. The molecule has 0 fully saturated rings. The first-order valence-corrected chi connectivity index (χ1v) is 21.4. The van der Waals surface area contributed by atoms with Crippen LogP contribution < -0.4 is 21.0 Å². The fourth-order valence-electron chi connectivity index (χ4n) is 6.76. The number of nitriles is 2. The molecule has 0 radical (unpaired) electrons. The number of primary amides is 1. The molecule has 4 heterocycles. The van der Waals surface area contributed by atoms with E-state index in [1.54, 1.807) is 143 Å². The quantitative estimate of drug-likeness (QED) is 0.0818. The zero-order valence-corrected chi connectivity index (χ0v) is 37.8. The van der Waals surface area contributed by atoms with E-state index in [1.807, 2.05) is 12.1 Å². The number of fused-ring (bicyclic) bond motifs is 2. The van der Waals surface area contributed by atoms with Gasteiger partial charge in [0, 0.05) is 64.7 Å². The van der Waals surface area contributed by atoms with E-state index in [2.05, 4.69) is 26.1 Å². The van der Waals surface area contributed by atoms with Crippen molar-refractivity contribution in [3.05, 3.63) is 184 Å². The maximum atomic E-state index is 13.3. The summed E-state index contributed by atoms with van der Waals surface area (Å²) in [6, 6.07) is 37.2. The number of nitrogens with zero attached hydrogens (tertiary/aromatic N) is 8. The molecule has 0 spiro atoms. The fraction of sp³-hybridized carbons (Fsp3) is 0.102. The average Bonchev–Trinajstić information content (AvgIpc) is 3.97. The van der Waals surface area contributed by atoms with Crippen molar-refractivity contribution >= 4 is 74.4 Å². The number of hydrogen-bond donors (Lipinski definition) is 5. The predicted molar refractivity (Wildman–Crippen MR) is 258 cm³/mol. The minimum atomic E-state index is -1.47. The van der Waals surface area contributed by atoms with Gasteiger partial charge in [-0.3, -0.25) is 19.2 Å². The van der Waals surface area contributed by atoms with Crippen LogP contribution in [0.25, 0.3) is 22.2 Å². The van der Waals surface area contributed by atoms with E-state index in [0.717, 1.165) is 21.1 Å². The molecular formula is C49H41BBrN9O8. The summed E-state index contributed by atoms with van der Waals surface area (Å²) in [7, 11) is -1.47. The second-order valence-electron chi connectivity index (χ2n) is 14.7. The lowest BCUT2D eigenvalue weighted by Gasteiger charge is -2.22. The van der Waals surface area contributed by atoms with Gasteiger partial charge >= 0.3 is 7.12 Å². The summed E-state index contributed by atoms with van der Waals surface area (Å²) < 4.78 is 4.12. The van der Waals surface area contributed by atoms with E-state index in [9.17, 15) is 29.4 Å². The number of nitrogens with two attached hydrogens (primary N) is 1. The zero-order valence-electron chi connectivity index (χ0n) is 36.2. The van der Waals surface area contributed by atoms with Crippen LogP contribution >= 0.6 is 15.9 Å². The van der Waals surface area contributed by atoms with Gasteiger partial charge in [0.25, 0.3) is 11.8 Å².